The molecule has 2 heterocycles. The van der Waals surface area contributed by atoms with Gasteiger partial charge in [-0.05, 0) is 82.4 Å². The molecule has 1 amide bonds. The van der Waals surface area contributed by atoms with Crippen LogP contribution >= 0.6 is 11.6 Å². The number of fused-ring (bicyclic) bond motifs is 1. The zero-order valence-electron chi connectivity index (χ0n) is 22.5. The normalized spacial score (nSPS) is 11.7. The summed E-state index contributed by atoms with van der Waals surface area (Å²) in [5, 5.41) is 3.73. The number of benzene rings is 2. The van der Waals surface area contributed by atoms with E-state index in [1.165, 1.54) is 4.57 Å². The van der Waals surface area contributed by atoms with E-state index in [0.29, 0.717) is 27.5 Å². The lowest BCUT2D eigenvalue weighted by Crippen LogP contribution is -2.43. The van der Waals surface area contributed by atoms with Gasteiger partial charge in [-0.25, -0.2) is 9.97 Å². The van der Waals surface area contributed by atoms with Crippen LogP contribution in [0.3, 0.4) is 0 Å². The van der Waals surface area contributed by atoms with Gasteiger partial charge < -0.3 is 15.0 Å². The molecule has 0 saturated heterocycles. The first kappa shape index (κ1) is 27.3. The quantitative estimate of drug-likeness (QED) is 0.368. The Labute approximate surface area is 227 Å². The standard InChI is InChI=1S/C29H32ClN5O3/c1-29(2,3)33-25(36)17-35-27(19-8-7-9-22(30)12-19)32-26-24(28(35)37)14-21(15-31-26)20-10-18(16-34(4)5)11-23(13-20)38-6/h7-15H,16-17H2,1-6H3,(H,33,36). The molecule has 1 N–H and O–H groups in total. The average molecular weight is 534 g/mol. The van der Waals surface area contributed by atoms with E-state index >= 15 is 0 Å². The summed E-state index contributed by atoms with van der Waals surface area (Å²) in [5.41, 5.74) is 2.77. The molecule has 0 bridgehead atoms. The predicted octanol–water partition coefficient (Wildman–Crippen LogP) is 4.76. The van der Waals surface area contributed by atoms with Gasteiger partial charge in [0.25, 0.3) is 5.56 Å². The molecule has 198 valence electrons. The van der Waals surface area contributed by atoms with E-state index in [2.05, 4.69) is 21.3 Å². The number of aromatic nitrogens is 3. The van der Waals surface area contributed by atoms with Gasteiger partial charge in [0.2, 0.25) is 5.91 Å². The number of ether oxygens (including phenoxy) is 1. The van der Waals surface area contributed by atoms with Gasteiger partial charge in [-0.15, -0.1) is 0 Å². The number of amides is 1. The van der Waals surface area contributed by atoms with Gasteiger partial charge in [0, 0.05) is 34.4 Å². The number of pyridine rings is 1. The average Bonchev–Trinajstić information content (AvgIpc) is 2.83. The second-order valence-electron chi connectivity index (χ2n) is 10.5. The number of hydrogen-bond donors (Lipinski definition) is 1. The summed E-state index contributed by atoms with van der Waals surface area (Å²) in [6.45, 7) is 6.19. The minimum Gasteiger partial charge on any atom is -0.497 e. The molecule has 0 saturated carbocycles. The van der Waals surface area contributed by atoms with Crippen LogP contribution in [-0.2, 0) is 17.9 Å². The number of nitrogens with zero attached hydrogens (tertiary/aromatic N) is 4. The van der Waals surface area contributed by atoms with Gasteiger partial charge >= 0.3 is 0 Å². The Balaban J connectivity index is 1.89. The van der Waals surface area contributed by atoms with Crippen molar-refractivity contribution in [3.63, 3.8) is 0 Å². The van der Waals surface area contributed by atoms with E-state index in [0.717, 1.165) is 23.2 Å². The summed E-state index contributed by atoms with van der Waals surface area (Å²) in [6.07, 6.45) is 1.70. The Morgan fingerprint density at radius 2 is 1.84 bits per heavy atom. The van der Waals surface area contributed by atoms with E-state index in [1.54, 1.807) is 43.6 Å². The maximum atomic E-state index is 13.9. The smallest absolute Gasteiger partial charge is 0.263 e. The zero-order chi connectivity index (χ0) is 27.6. The molecule has 9 heteroatoms. The molecular formula is C29H32ClN5O3. The molecule has 0 aliphatic heterocycles. The molecule has 0 radical (unpaired) electrons. The molecule has 4 rings (SSSR count). The Hall–Kier alpha value is -3.75. The lowest BCUT2D eigenvalue weighted by molar-refractivity contribution is -0.123. The van der Waals surface area contributed by atoms with Gasteiger partial charge in [-0.2, -0.15) is 0 Å². The first-order chi connectivity index (χ1) is 17.9. The molecular weight excluding hydrogens is 502 g/mol. The molecule has 4 aromatic rings. The first-order valence-corrected chi connectivity index (χ1v) is 12.6. The number of methoxy groups -OCH3 is 1. The van der Waals surface area contributed by atoms with Crippen molar-refractivity contribution < 1.29 is 9.53 Å². The summed E-state index contributed by atoms with van der Waals surface area (Å²) in [7, 11) is 5.62. The van der Waals surface area contributed by atoms with Gasteiger partial charge in [0.15, 0.2) is 5.65 Å². The summed E-state index contributed by atoms with van der Waals surface area (Å²) < 4.78 is 6.89. The topological polar surface area (TPSA) is 89.3 Å². The molecule has 2 aromatic carbocycles. The fourth-order valence-corrected chi connectivity index (χ4v) is 4.45. The van der Waals surface area contributed by atoms with Crippen LogP contribution < -0.4 is 15.6 Å². The van der Waals surface area contributed by atoms with Crippen molar-refractivity contribution in [2.75, 3.05) is 21.2 Å². The van der Waals surface area contributed by atoms with Crippen molar-refractivity contribution in [2.45, 2.75) is 39.4 Å². The minimum atomic E-state index is -0.452. The van der Waals surface area contributed by atoms with Crippen LogP contribution in [0.1, 0.15) is 26.3 Å². The monoisotopic (exact) mass is 533 g/mol. The van der Waals surface area contributed by atoms with Crippen LogP contribution in [0.2, 0.25) is 5.02 Å². The van der Waals surface area contributed by atoms with Crippen molar-refractivity contribution in [1.29, 1.82) is 0 Å². The molecule has 38 heavy (non-hydrogen) atoms. The van der Waals surface area contributed by atoms with Crippen molar-refractivity contribution >= 4 is 28.5 Å². The van der Waals surface area contributed by atoms with Crippen LogP contribution in [0.25, 0.3) is 33.5 Å². The molecule has 0 fully saturated rings. The van der Waals surface area contributed by atoms with E-state index in [-0.39, 0.29) is 23.7 Å². The van der Waals surface area contributed by atoms with Crippen molar-refractivity contribution in [3.8, 4) is 28.3 Å². The van der Waals surface area contributed by atoms with Gasteiger partial charge in [0.05, 0.1) is 12.5 Å². The van der Waals surface area contributed by atoms with Crippen LogP contribution in [0.15, 0.2) is 59.5 Å². The fourth-order valence-electron chi connectivity index (χ4n) is 4.26. The molecule has 0 atom stereocenters. The van der Waals surface area contributed by atoms with Gasteiger partial charge in [0.1, 0.15) is 18.1 Å². The maximum absolute atomic E-state index is 13.9. The second-order valence-corrected chi connectivity index (χ2v) is 11.0. The van der Waals surface area contributed by atoms with Crippen molar-refractivity contribution in [3.05, 3.63) is 75.7 Å². The number of rotatable bonds is 7. The van der Waals surface area contributed by atoms with Crippen LogP contribution in [-0.4, -0.2) is 52.1 Å². The third kappa shape index (κ3) is 6.38. The lowest BCUT2D eigenvalue weighted by Gasteiger charge is -2.21. The maximum Gasteiger partial charge on any atom is 0.263 e. The molecule has 0 aliphatic rings. The second kappa shape index (κ2) is 10.9. The number of halogens is 1. The number of carbonyl (C=O) groups is 1. The largest absolute Gasteiger partial charge is 0.497 e. The SMILES string of the molecule is COc1cc(CN(C)C)cc(-c2cnc3nc(-c4cccc(Cl)c4)n(CC(=O)NC(C)(C)C)c(=O)c3c2)c1. The van der Waals surface area contributed by atoms with Crippen LogP contribution in [0.5, 0.6) is 5.75 Å². The molecule has 0 spiro atoms. The third-order valence-corrected chi connectivity index (χ3v) is 5.98. The van der Waals surface area contributed by atoms with E-state index < -0.39 is 5.54 Å². The summed E-state index contributed by atoms with van der Waals surface area (Å²) >= 11 is 6.23. The number of nitrogens with one attached hydrogen (secondary N) is 1. The molecule has 8 nitrogen and oxygen atoms in total. The fraction of sp³-hybridized carbons (Fsp3) is 0.310. The third-order valence-electron chi connectivity index (χ3n) is 5.74. The zero-order valence-corrected chi connectivity index (χ0v) is 23.3. The highest BCUT2D eigenvalue weighted by Gasteiger charge is 2.20. The number of hydrogen-bond acceptors (Lipinski definition) is 6. The van der Waals surface area contributed by atoms with E-state index in [4.69, 9.17) is 21.3 Å². The minimum absolute atomic E-state index is 0.197. The number of carbonyl (C=O) groups excluding carboxylic acids is 1. The van der Waals surface area contributed by atoms with Crippen molar-refractivity contribution in [1.82, 2.24) is 24.8 Å². The Bertz CT molecular complexity index is 1560. The highest BCUT2D eigenvalue weighted by Crippen LogP contribution is 2.28. The highest BCUT2D eigenvalue weighted by atomic mass is 35.5. The highest BCUT2D eigenvalue weighted by molar-refractivity contribution is 6.30. The summed E-state index contributed by atoms with van der Waals surface area (Å²) in [6, 6.07) is 14.7. The van der Waals surface area contributed by atoms with Gasteiger partial charge in [-0.1, -0.05) is 23.7 Å². The van der Waals surface area contributed by atoms with Crippen LogP contribution in [0.4, 0.5) is 0 Å². The summed E-state index contributed by atoms with van der Waals surface area (Å²) in [5.74, 6) is 0.739. The van der Waals surface area contributed by atoms with Crippen molar-refractivity contribution in [2.24, 2.45) is 0 Å². The molecule has 0 aliphatic carbocycles. The Kier molecular flexibility index (Phi) is 7.85. The first-order valence-electron chi connectivity index (χ1n) is 12.2. The predicted molar refractivity (Wildman–Crippen MR) is 152 cm³/mol. The molecule has 0 unspecified atom stereocenters. The Morgan fingerprint density at radius 1 is 1.08 bits per heavy atom. The summed E-state index contributed by atoms with van der Waals surface area (Å²) in [4.78, 5) is 38.1. The van der Waals surface area contributed by atoms with E-state index in [1.807, 2.05) is 47.0 Å². The van der Waals surface area contributed by atoms with Gasteiger partial charge in [-0.3, -0.25) is 14.2 Å². The Morgan fingerprint density at radius 3 is 2.50 bits per heavy atom. The molecule has 2 aromatic heterocycles. The van der Waals surface area contributed by atoms with E-state index in [9.17, 15) is 9.59 Å². The van der Waals surface area contributed by atoms with Crippen LogP contribution in [0, 0.1) is 0 Å². The lowest BCUT2D eigenvalue weighted by atomic mass is 10.0.